The van der Waals surface area contributed by atoms with Crippen LogP contribution in [0.25, 0.3) is 0 Å². The zero-order chi connectivity index (χ0) is 19.9. The lowest BCUT2D eigenvalue weighted by Crippen LogP contribution is -2.50. The minimum Gasteiger partial charge on any atom is -0.480 e. The second-order valence-electron chi connectivity index (χ2n) is 7.67. The minimum atomic E-state index is -0.845. The van der Waals surface area contributed by atoms with Crippen LogP contribution in [0.5, 0.6) is 0 Å². The van der Waals surface area contributed by atoms with E-state index in [0.29, 0.717) is 32.5 Å². The SMILES string of the molecule is Cl.O=C(CCc1ccccc1)NC1CCN(C(=O)CN2CCC[C@H]2C(=O)O)CC1. The number of halogens is 1. The molecule has 7 nitrogen and oxygen atoms in total. The molecule has 3 rings (SSSR count). The Hall–Kier alpha value is -2.12. The molecular weight excluding hydrogens is 394 g/mol. The maximum atomic E-state index is 12.5. The van der Waals surface area contributed by atoms with Crippen LogP contribution in [0.4, 0.5) is 0 Å². The Morgan fingerprint density at radius 1 is 1.03 bits per heavy atom. The predicted octanol–water partition coefficient (Wildman–Crippen LogP) is 1.70. The van der Waals surface area contributed by atoms with Gasteiger partial charge in [0.15, 0.2) is 0 Å². The van der Waals surface area contributed by atoms with Crippen molar-refractivity contribution in [1.29, 1.82) is 0 Å². The third-order valence-electron chi connectivity index (χ3n) is 5.68. The second kappa shape index (κ2) is 11.2. The highest BCUT2D eigenvalue weighted by Gasteiger charge is 2.33. The number of amides is 2. The van der Waals surface area contributed by atoms with Crippen LogP contribution in [0.2, 0.25) is 0 Å². The molecule has 0 bridgehead atoms. The molecule has 8 heteroatoms. The zero-order valence-electron chi connectivity index (χ0n) is 16.6. The van der Waals surface area contributed by atoms with Gasteiger partial charge >= 0.3 is 5.97 Å². The number of hydrogen-bond donors (Lipinski definition) is 2. The first-order valence-electron chi connectivity index (χ1n) is 10.1. The molecule has 2 saturated heterocycles. The van der Waals surface area contributed by atoms with E-state index in [1.165, 1.54) is 0 Å². The number of carbonyl (C=O) groups is 3. The van der Waals surface area contributed by atoms with Gasteiger partial charge in [0.1, 0.15) is 6.04 Å². The van der Waals surface area contributed by atoms with Gasteiger partial charge in [0.25, 0.3) is 0 Å². The topological polar surface area (TPSA) is 90.0 Å². The molecule has 2 amide bonds. The number of piperidine rings is 1. The summed E-state index contributed by atoms with van der Waals surface area (Å²) >= 11 is 0. The molecule has 0 radical (unpaired) electrons. The lowest BCUT2D eigenvalue weighted by Gasteiger charge is -2.34. The van der Waals surface area contributed by atoms with Gasteiger partial charge in [0, 0.05) is 25.6 Å². The van der Waals surface area contributed by atoms with Crippen LogP contribution in [-0.4, -0.2) is 71.0 Å². The number of rotatable bonds is 7. The molecule has 2 heterocycles. The molecular formula is C21H30ClN3O4. The van der Waals surface area contributed by atoms with Gasteiger partial charge in [-0.1, -0.05) is 30.3 Å². The maximum absolute atomic E-state index is 12.5. The molecule has 1 atom stereocenters. The standard InChI is InChI=1S/C21H29N3O4.ClH/c25-19(9-8-16-5-2-1-3-6-16)22-17-10-13-23(14-11-17)20(26)15-24-12-4-7-18(24)21(27)28;/h1-3,5-6,17-18H,4,7-15H2,(H,22,25)(H,27,28);1H/t18-;/m0./s1. The summed E-state index contributed by atoms with van der Waals surface area (Å²) < 4.78 is 0. The Bertz CT molecular complexity index is 692. The number of carboxylic acid groups (broad SMARTS) is 1. The normalized spacial score (nSPS) is 20.1. The average Bonchev–Trinajstić information content (AvgIpc) is 3.16. The van der Waals surface area contributed by atoms with E-state index in [2.05, 4.69) is 5.32 Å². The van der Waals surface area contributed by atoms with Crippen LogP contribution in [0.15, 0.2) is 30.3 Å². The largest absolute Gasteiger partial charge is 0.480 e. The zero-order valence-corrected chi connectivity index (χ0v) is 17.4. The van der Waals surface area contributed by atoms with E-state index in [9.17, 15) is 19.5 Å². The van der Waals surface area contributed by atoms with Gasteiger partial charge in [0.2, 0.25) is 11.8 Å². The molecule has 2 N–H and O–H groups in total. The van der Waals surface area contributed by atoms with Crippen molar-refractivity contribution in [3.8, 4) is 0 Å². The van der Waals surface area contributed by atoms with Crippen molar-refractivity contribution in [2.24, 2.45) is 0 Å². The Labute approximate surface area is 177 Å². The van der Waals surface area contributed by atoms with Crippen LogP contribution in [0.3, 0.4) is 0 Å². The van der Waals surface area contributed by atoms with E-state index < -0.39 is 12.0 Å². The number of benzene rings is 1. The fourth-order valence-electron chi connectivity index (χ4n) is 4.04. The van der Waals surface area contributed by atoms with E-state index >= 15 is 0 Å². The molecule has 2 aliphatic heterocycles. The molecule has 0 saturated carbocycles. The quantitative estimate of drug-likeness (QED) is 0.696. The van der Waals surface area contributed by atoms with Gasteiger partial charge in [0.05, 0.1) is 6.54 Å². The molecule has 29 heavy (non-hydrogen) atoms. The van der Waals surface area contributed by atoms with Gasteiger partial charge in [-0.05, 0) is 44.2 Å². The number of aliphatic carboxylic acids is 1. The molecule has 160 valence electrons. The summed E-state index contributed by atoms with van der Waals surface area (Å²) in [5.74, 6) is -0.806. The van der Waals surface area contributed by atoms with Gasteiger partial charge < -0.3 is 15.3 Å². The van der Waals surface area contributed by atoms with E-state index in [1.54, 1.807) is 9.80 Å². The van der Waals surface area contributed by atoms with Crippen molar-refractivity contribution in [3.05, 3.63) is 35.9 Å². The summed E-state index contributed by atoms with van der Waals surface area (Å²) in [4.78, 5) is 39.5. The number of aryl methyl sites for hydroxylation is 1. The van der Waals surface area contributed by atoms with Crippen molar-refractivity contribution in [1.82, 2.24) is 15.1 Å². The summed E-state index contributed by atoms with van der Waals surface area (Å²) in [5, 5.41) is 12.3. The Kier molecular flexibility index (Phi) is 8.92. The lowest BCUT2D eigenvalue weighted by atomic mass is 10.0. The Balaban J connectivity index is 0.00000300. The van der Waals surface area contributed by atoms with E-state index in [1.807, 2.05) is 30.3 Å². The Morgan fingerprint density at radius 3 is 2.38 bits per heavy atom. The summed E-state index contributed by atoms with van der Waals surface area (Å²) in [5.41, 5.74) is 1.15. The number of likely N-dealkylation sites (tertiary alicyclic amines) is 2. The van der Waals surface area contributed by atoms with Crippen molar-refractivity contribution in [3.63, 3.8) is 0 Å². The third kappa shape index (κ3) is 6.72. The summed E-state index contributed by atoms with van der Waals surface area (Å²) in [7, 11) is 0. The van der Waals surface area contributed by atoms with E-state index in [0.717, 1.165) is 31.2 Å². The number of carbonyl (C=O) groups excluding carboxylic acids is 2. The number of hydrogen-bond acceptors (Lipinski definition) is 4. The molecule has 2 fully saturated rings. The van der Waals surface area contributed by atoms with Crippen molar-refractivity contribution < 1.29 is 19.5 Å². The monoisotopic (exact) mass is 423 g/mol. The highest BCUT2D eigenvalue weighted by molar-refractivity contribution is 5.85. The minimum absolute atomic E-state index is 0. The smallest absolute Gasteiger partial charge is 0.320 e. The first-order chi connectivity index (χ1) is 13.5. The first kappa shape index (κ1) is 23.2. The third-order valence-corrected chi connectivity index (χ3v) is 5.68. The molecule has 1 aromatic carbocycles. The van der Waals surface area contributed by atoms with Crippen molar-refractivity contribution in [2.75, 3.05) is 26.2 Å². The predicted molar refractivity (Wildman–Crippen MR) is 112 cm³/mol. The van der Waals surface area contributed by atoms with Crippen molar-refractivity contribution >= 4 is 30.2 Å². The molecule has 0 spiro atoms. The fourth-order valence-corrected chi connectivity index (χ4v) is 4.04. The fraction of sp³-hybridized carbons (Fsp3) is 0.571. The van der Waals surface area contributed by atoms with Crippen LogP contribution in [-0.2, 0) is 20.8 Å². The van der Waals surface area contributed by atoms with Gasteiger partial charge in [-0.2, -0.15) is 0 Å². The van der Waals surface area contributed by atoms with Gasteiger partial charge in [-0.15, -0.1) is 12.4 Å². The summed E-state index contributed by atoms with van der Waals surface area (Å²) in [6.07, 6.45) is 4.11. The van der Waals surface area contributed by atoms with Gasteiger partial charge in [-0.3, -0.25) is 19.3 Å². The lowest BCUT2D eigenvalue weighted by molar-refractivity contribution is -0.143. The van der Waals surface area contributed by atoms with Crippen molar-refractivity contribution in [2.45, 2.75) is 50.6 Å². The number of nitrogens with one attached hydrogen (secondary N) is 1. The number of nitrogens with zero attached hydrogens (tertiary/aromatic N) is 2. The summed E-state index contributed by atoms with van der Waals surface area (Å²) in [6, 6.07) is 9.52. The molecule has 0 aromatic heterocycles. The average molecular weight is 424 g/mol. The van der Waals surface area contributed by atoms with Crippen LogP contribution < -0.4 is 5.32 Å². The van der Waals surface area contributed by atoms with Crippen LogP contribution in [0, 0.1) is 0 Å². The Morgan fingerprint density at radius 2 is 1.72 bits per heavy atom. The second-order valence-corrected chi connectivity index (χ2v) is 7.67. The molecule has 2 aliphatic rings. The van der Waals surface area contributed by atoms with Crippen LogP contribution >= 0.6 is 12.4 Å². The molecule has 0 unspecified atom stereocenters. The number of carboxylic acids is 1. The maximum Gasteiger partial charge on any atom is 0.320 e. The van der Waals surface area contributed by atoms with Gasteiger partial charge in [-0.25, -0.2) is 0 Å². The first-order valence-corrected chi connectivity index (χ1v) is 10.1. The van der Waals surface area contributed by atoms with Crippen LogP contribution in [0.1, 0.15) is 37.7 Å². The molecule has 1 aromatic rings. The summed E-state index contributed by atoms with van der Waals surface area (Å²) in [6.45, 7) is 2.05. The molecule has 0 aliphatic carbocycles. The van der Waals surface area contributed by atoms with E-state index in [-0.39, 0.29) is 36.8 Å². The van der Waals surface area contributed by atoms with E-state index in [4.69, 9.17) is 0 Å². The highest BCUT2D eigenvalue weighted by atomic mass is 35.5. The highest BCUT2D eigenvalue weighted by Crippen LogP contribution is 2.18.